The fourth-order valence-corrected chi connectivity index (χ4v) is 11.3. The van der Waals surface area contributed by atoms with E-state index in [1.165, 1.54) is 43.7 Å². The SMILES string of the molecule is C[C@@]12SC(c3ccc(Cl)s3)=CC1=C1CCCC1=C1C=C(c3ccc(-c4ccc(O)cc4)s3)S[C@]12C. The Hall–Kier alpha value is -1.63. The third-order valence-corrected chi connectivity index (χ3v) is 13.8. The minimum atomic E-state index is -0.0203. The summed E-state index contributed by atoms with van der Waals surface area (Å²) in [4.78, 5) is 6.58. The minimum absolute atomic E-state index is 0.0166. The number of phenolic OH excluding ortho intramolecular Hbond substituents is 1. The van der Waals surface area contributed by atoms with Gasteiger partial charge in [0.25, 0.3) is 0 Å². The van der Waals surface area contributed by atoms with Crippen LogP contribution < -0.4 is 0 Å². The Kier molecular flexibility index (Phi) is 5.11. The summed E-state index contributed by atoms with van der Waals surface area (Å²) in [6.07, 6.45) is 8.60. The smallest absolute Gasteiger partial charge is 0.115 e. The number of benzene rings is 1. The van der Waals surface area contributed by atoms with E-state index in [-0.39, 0.29) is 9.49 Å². The van der Waals surface area contributed by atoms with Crippen LogP contribution in [0.2, 0.25) is 4.34 Å². The first-order chi connectivity index (χ1) is 16.9. The molecule has 2 aliphatic heterocycles. The van der Waals surface area contributed by atoms with E-state index in [0.29, 0.717) is 5.75 Å². The van der Waals surface area contributed by atoms with Crippen molar-refractivity contribution < 1.29 is 5.11 Å². The molecule has 1 saturated carbocycles. The number of aromatic hydroxyl groups is 1. The van der Waals surface area contributed by atoms with Gasteiger partial charge < -0.3 is 5.11 Å². The van der Waals surface area contributed by atoms with Gasteiger partial charge in [-0.2, -0.15) is 0 Å². The van der Waals surface area contributed by atoms with Crippen molar-refractivity contribution in [3.8, 4) is 16.2 Å². The van der Waals surface area contributed by atoms with Crippen LogP contribution in [0, 0.1) is 0 Å². The lowest BCUT2D eigenvalue weighted by atomic mass is 9.72. The van der Waals surface area contributed by atoms with Crippen molar-refractivity contribution in [1.82, 2.24) is 0 Å². The Morgan fingerprint density at radius 3 is 1.83 bits per heavy atom. The van der Waals surface area contributed by atoms with E-state index in [1.54, 1.807) is 45.8 Å². The Morgan fingerprint density at radius 1 is 0.714 bits per heavy atom. The van der Waals surface area contributed by atoms with E-state index in [9.17, 15) is 5.11 Å². The standard InChI is InChI=1S/C29H23ClOS4/c1-28-20(14-25(34-28)23-11-10-22(32-23)16-6-8-17(31)9-7-16)18-4-3-5-19(18)21-15-26(35-29(21,28)2)24-12-13-27(30)33-24/h6-15,31H,3-5H2,1-2H3/t28-,29-/m1/s1. The second-order valence-corrected chi connectivity index (χ2v) is 15.5. The van der Waals surface area contributed by atoms with Gasteiger partial charge in [-0.05, 0) is 122 Å². The van der Waals surface area contributed by atoms with Crippen LogP contribution >= 0.6 is 57.8 Å². The van der Waals surface area contributed by atoms with Gasteiger partial charge in [0.1, 0.15) is 5.75 Å². The van der Waals surface area contributed by atoms with E-state index in [2.05, 4.69) is 56.0 Å². The topological polar surface area (TPSA) is 20.2 Å². The molecule has 176 valence electrons. The largest absolute Gasteiger partial charge is 0.508 e. The molecule has 4 heterocycles. The predicted molar refractivity (Wildman–Crippen MR) is 157 cm³/mol. The highest BCUT2D eigenvalue weighted by molar-refractivity contribution is 8.14. The summed E-state index contributed by atoms with van der Waals surface area (Å²) in [5, 5.41) is 9.66. The van der Waals surface area contributed by atoms with Gasteiger partial charge in [-0.3, -0.25) is 0 Å². The summed E-state index contributed by atoms with van der Waals surface area (Å²) in [5.41, 5.74) is 7.43. The summed E-state index contributed by atoms with van der Waals surface area (Å²) in [7, 11) is 0. The molecule has 1 nitrogen and oxygen atoms in total. The second kappa shape index (κ2) is 7.93. The molecule has 0 amide bonds. The molecular formula is C29H23ClOS4. The van der Waals surface area contributed by atoms with Crippen molar-refractivity contribution in [3.05, 3.63) is 97.1 Å². The Morgan fingerprint density at radius 2 is 1.26 bits per heavy atom. The van der Waals surface area contributed by atoms with E-state index < -0.39 is 0 Å². The average molecular weight is 551 g/mol. The molecule has 3 aromatic rings. The molecule has 35 heavy (non-hydrogen) atoms. The number of fused-ring (bicyclic) bond motifs is 4. The summed E-state index contributed by atoms with van der Waals surface area (Å²) >= 11 is 13.9. The average Bonchev–Trinajstić information content (AvgIpc) is 3.63. The van der Waals surface area contributed by atoms with Crippen molar-refractivity contribution in [3.63, 3.8) is 0 Å². The molecule has 7 rings (SSSR count). The molecule has 6 heteroatoms. The lowest BCUT2D eigenvalue weighted by molar-refractivity contribution is 0.475. The van der Waals surface area contributed by atoms with Gasteiger partial charge in [0.15, 0.2) is 0 Å². The highest BCUT2D eigenvalue weighted by Gasteiger charge is 2.59. The van der Waals surface area contributed by atoms with Crippen LogP contribution in [0.5, 0.6) is 5.75 Å². The van der Waals surface area contributed by atoms with Crippen molar-refractivity contribution in [2.75, 3.05) is 0 Å². The highest BCUT2D eigenvalue weighted by atomic mass is 35.5. The Labute approximate surface area is 227 Å². The molecule has 0 bridgehead atoms. The third kappa shape index (κ3) is 3.28. The number of hydrogen-bond acceptors (Lipinski definition) is 5. The molecule has 2 aromatic heterocycles. The van der Waals surface area contributed by atoms with Crippen molar-refractivity contribution >= 4 is 67.6 Å². The van der Waals surface area contributed by atoms with Gasteiger partial charge in [0, 0.05) is 24.4 Å². The maximum Gasteiger partial charge on any atom is 0.115 e. The highest BCUT2D eigenvalue weighted by Crippen LogP contribution is 2.70. The number of thioether (sulfide) groups is 2. The number of phenols is 1. The quantitative estimate of drug-likeness (QED) is 0.350. The van der Waals surface area contributed by atoms with E-state index in [1.807, 2.05) is 41.3 Å². The fraction of sp³-hybridized carbons (Fsp3) is 0.241. The lowest BCUT2D eigenvalue weighted by Gasteiger charge is -2.47. The first kappa shape index (κ1) is 22.6. The van der Waals surface area contributed by atoms with Gasteiger partial charge in [0.2, 0.25) is 0 Å². The minimum Gasteiger partial charge on any atom is -0.508 e. The van der Waals surface area contributed by atoms with Gasteiger partial charge in [-0.25, -0.2) is 0 Å². The third-order valence-electron chi connectivity index (χ3n) is 7.80. The molecule has 4 aliphatic rings. The van der Waals surface area contributed by atoms with E-state index in [4.69, 9.17) is 11.6 Å². The van der Waals surface area contributed by atoms with Gasteiger partial charge in [0.05, 0.1) is 13.8 Å². The number of halogens is 1. The second-order valence-electron chi connectivity index (χ2n) is 9.74. The molecular weight excluding hydrogens is 528 g/mol. The van der Waals surface area contributed by atoms with Crippen LogP contribution in [0.4, 0.5) is 0 Å². The van der Waals surface area contributed by atoms with E-state index >= 15 is 0 Å². The van der Waals surface area contributed by atoms with Crippen LogP contribution in [0.15, 0.2) is 83.0 Å². The summed E-state index contributed by atoms with van der Waals surface area (Å²) in [6.45, 7) is 4.94. The summed E-state index contributed by atoms with van der Waals surface area (Å²) in [6, 6.07) is 16.2. The Bertz CT molecular complexity index is 1520. The fourth-order valence-electron chi connectivity index (χ4n) is 5.88. The van der Waals surface area contributed by atoms with Crippen molar-refractivity contribution in [2.24, 2.45) is 0 Å². The lowest BCUT2D eigenvalue weighted by Crippen LogP contribution is -2.47. The van der Waals surface area contributed by atoms with Crippen LogP contribution in [-0.4, -0.2) is 14.6 Å². The Balaban J connectivity index is 1.30. The van der Waals surface area contributed by atoms with Crippen LogP contribution in [-0.2, 0) is 0 Å². The molecule has 0 saturated heterocycles. The van der Waals surface area contributed by atoms with Crippen LogP contribution in [0.25, 0.3) is 20.3 Å². The molecule has 1 N–H and O–H groups in total. The monoisotopic (exact) mass is 550 g/mol. The number of allylic oxidation sites excluding steroid dienone is 4. The number of hydrogen-bond donors (Lipinski definition) is 1. The molecule has 0 radical (unpaired) electrons. The molecule has 1 fully saturated rings. The zero-order valence-corrected chi connectivity index (χ0v) is 23.4. The number of thiophene rings is 2. The van der Waals surface area contributed by atoms with Crippen LogP contribution in [0.3, 0.4) is 0 Å². The van der Waals surface area contributed by atoms with Gasteiger partial charge in [-0.15, -0.1) is 46.2 Å². The first-order valence-electron chi connectivity index (χ1n) is 11.8. The number of rotatable bonds is 3. The summed E-state index contributed by atoms with van der Waals surface area (Å²) in [5.74, 6) is 0.306. The normalized spacial score (nSPS) is 27.2. The van der Waals surface area contributed by atoms with Crippen LogP contribution in [0.1, 0.15) is 42.9 Å². The zero-order valence-electron chi connectivity index (χ0n) is 19.4. The van der Waals surface area contributed by atoms with Gasteiger partial charge >= 0.3 is 0 Å². The molecule has 1 aromatic carbocycles. The maximum atomic E-state index is 9.66. The molecule has 2 atom stereocenters. The maximum absolute atomic E-state index is 9.66. The van der Waals surface area contributed by atoms with Crippen molar-refractivity contribution in [1.29, 1.82) is 0 Å². The molecule has 0 spiro atoms. The zero-order chi connectivity index (χ0) is 23.9. The predicted octanol–water partition coefficient (Wildman–Crippen LogP) is 10.0. The van der Waals surface area contributed by atoms with E-state index in [0.717, 1.165) is 9.90 Å². The summed E-state index contributed by atoms with van der Waals surface area (Å²) < 4.78 is 0.817. The van der Waals surface area contributed by atoms with Crippen molar-refractivity contribution in [2.45, 2.75) is 42.6 Å². The van der Waals surface area contributed by atoms with Gasteiger partial charge in [-0.1, -0.05) is 11.6 Å². The molecule has 2 aliphatic carbocycles. The first-order valence-corrected chi connectivity index (χ1v) is 15.4. The molecule has 0 unspecified atom stereocenters.